The van der Waals surface area contributed by atoms with Gasteiger partial charge in [0, 0.05) is 38.0 Å². The molecule has 0 aliphatic heterocycles. The third kappa shape index (κ3) is 3.42. The summed E-state index contributed by atoms with van der Waals surface area (Å²) in [5.74, 6) is 0. The Balaban J connectivity index is 1.70. The molecule has 0 fully saturated rings. The van der Waals surface area contributed by atoms with Crippen LogP contribution in [0, 0.1) is 6.92 Å². The highest BCUT2D eigenvalue weighted by atomic mass is 35.5. The molecular weight excluding hydrogens is 376 g/mol. The fourth-order valence-corrected chi connectivity index (χ4v) is 4.28. The van der Waals surface area contributed by atoms with Crippen molar-refractivity contribution in [3.8, 4) is 0 Å². The lowest BCUT2D eigenvalue weighted by Crippen LogP contribution is -2.04. The van der Waals surface area contributed by atoms with Gasteiger partial charge in [0.15, 0.2) is 0 Å². The van der Waals surface area contributed by atoms with Gasteiger partial charge in [0.05, 0.1) is 5.02 Å². The lowest BCUT2D eigenvalue weighted by atomic mass is 10.0. The smallest absolute Gasteiger partial charge is 0.120 e. The molecule has 0 atom stereocenters. The summed E-state index contributed by atoms with van der Waals surface area (Å²) < 4.78 is 1.14. The second-order valence-corrected chi connectivity index (χ2v) is 7.55. The van der Waals surface area contributed by atoms with Crippen molar-refractivity contribution >= 4 is 50.1 Å². The van der Waals surface area contributed by atoms with E-state index in [1.165, 1.54) is 0 Å². The van der Waals surface area contributed by atoms with Crippen molar-refractivity contribution in [3.05, 3.63) is 93.8 Å². The summed E-state index contributed by atoms with van der Waals surface area (Å²) in [4.78, 5) is 0. The highest BCUT2D eigenvalue weighted by Gasteiger charge is 2.16. The molecule has 0 unspecified atom stereocenters. The van der Waals surface area contributed by atoms with Crippen LogP contribution in [-0.4, -0.2) is 10.9 Å². The molecule has 0 spiro atoms. The number of aryl methyl sites for hydroxylation is 1. The largest absolute Gasteiger partial charge is 0.410 e. The van der Waals surface area contributed by atoms with Crippen molar-refractivity contribution < 1.29 is 5.21 Å². The lowest BCUT2D eigenvalue weighted by molar-refractivity contribution is 0.319. The molecule has 4 rings (SSSR count). The molecular formula is C22H17ClN2OS. The summed E-state index contributed by atoms with van der Waals surface area (Å²) >= 11 is 8.17. The molecule has 0 saturated heterocycles. The molecule has 2 N–H and O–H groups in total. The maximum Gasteiger partial charge on any atom is 0.120 e. The van der Waals surface area contributed by atoms with Gasteiger partial charge in [0.2, 0.25) is 0 Å². The minimum absolute atomic E-state index is 0.472. The van der Waals surface area contributed by atoms with Crippen molar-refractivity contribution in [2.24, 2.45) is 5.16 Å². The normalized spacial score (nSPS) is 11.7. The molecule has 0 aliphatic carbocycles. The van der Waals surface area contributed by atoms with E-state index < -0.39 is 0 Å². The molecule has 3 aromatic carbocycles. The van der Waals surface area contributed by atoms with Gasteiger partial charge in [0.25, 0.3) is 0 Å². The Morgan fingerprint density at radius 2 is 1.78 bits per heavy atom. The number of benzene rings is 3. The van der Waals surface area contributed by atoms with E-state index in [0.29, 0.717) is 16.3 Å². The summed E-state index contributed by atoms with van der Waals surface area (Å²) in [5, 5.41) is 20.2. The number of fused-ring (bicyclic) bond motifs is 1. The minimum Gasteiger partial charge on any atom is -0.410 e. The molecule has 1 aromatic heterocycles. The standard InChI is InChI=1S/C22H17ClN2OS/c1-14-6-2-4-8-20(14)24-15-10-11-17(19(23)12-15)22(25-26)18-13-27-21-9-5-3-7-16(18)21/h2-13,24,26H,1H3. The van der Waals surface area contributed by atoms with Crippen molar-refractivity contribution in [1.82, 2.24) is 0 Å². The third-order valence-corrected chi connectivity index (χ3v) is 5.76. The fourth-order valence-electron chi connectivity index (χ4n) is 3.07. The first-order chi connectivity index (χ1) is 13.2. The number of anilines is 2. The van der Waals surface area contributed by atoms with Crippen LogP contribution in [0.2, 0.25) is 5.02 Å². The van der Waals surface area contributed by atoms with Gasteiger partial charge in [-0.3, -0.25) is 0 Å². The molecule has 27 heavy (non-hydrogen) atoms. The van der Waals surface area contributed by atoms with Crippen molar-refractivity contribution in [3.63, 3.8) is 0 Å². The van der Waals surface area contributed by atoms with E-state index >= 15 is 0 Å². The van der Waals surface area contributed by atoms with E-state index in [4.69, 9.17) is 11.6 Å². The summed E-state index contributed by atoms with van der Waals surface area (Å²) in [6.45, 7) is 2.05. The number of hydrogen-bond acceptors (Lipinski definition) is 4. The molecule has 5 heteroatoms. The van der Waals surface area contributed by atoms with Crippen LogP contribution < -0.4 is 5.32 Å². The van der Waals surface area contributed by atoms with Gasteiger partial charge in [-0.1, -0.05) is 53.2 Å². The Kier molecular flexibility index (Phi) is 4.84. The van der Waals surface area contributed by atoms with Gasteiger partial charge in [-0.2, -0.15) is 0 Å². The predicted molar refractivity (Wildman–Crippen MR) is 115 cm³/mol. The minimum atomic E-state index is 0.472. The quantitative estimate of drug-likeness (QED) is 0.227. The molecule has 4 aromatic rings. The van der Waals surface area contributed by atoms with Crippen LogP contribution >= 0.6 is 22.9 Å². The zero-order valence-corrected chi connectivity index (χ0v) is 16.2. The van der Waals surface area contributed by atoms with E-state index in [1.54, 1.807) is 11.3 Å². The van der Waals surface area contributed by atoms with Gasteiger partial charge in [0.1, 0.15) is 5.71 Å². The van der Waals surface area contributed by atoms with Gasteiger partial charge in [-0.05, 0) is 42.8 Å². The van der Waals surface area contributed by atoms with Crippen molar-refractivity contribution in [2.45, 2.75) is 6.92 Å². The topological polar surface area (TPSA) is 44.6 Å². The maximum atomic E-state index is 9.69. The molecule has 0 saturated carbocycles. The number of oxime groups is 1. The number of nitrogens with one attached hydrogen (secondary N) is 1. The first-order valence-electron chi connectivity index (χ1n) is 8.48. The molecule has 0 bridgehead atoms. The predicted octanol–water partition coefficient (Wildman–Crippen LogP) is 6.83. The van der Waals surface area contributed by atoms with Crippen LogP contribution in [0.5, 0.6) is 0 Å². The van der Waals surface area contributed by atoms with Crippen molar-refractivity contribution in [2.75, 3.05) is 5.32 Å². The highest BCUT2D eigenvalue weighted by Crippen LogP contribution is 2.31. The number of halogens is 1. The third-order valence-electron chi connectivity index (χ3n) is 4.48. The Bertz CT molecular complexity index is 1150. The van der Waals surface area contributed by atoms with E-state index in [-0.39, 0.29) is 0 Å². The first kappa shape index (κ1) is 17.6. The zero-order chi connectivity index (χ0) is 18.8. The van der Waals surface area contributed by atoms with Crippen LogP contribution in [0.4, 0.5) is 11.4 Å². The number of thiophene rings is 1. The Labute approximate surface area is 166 Å². The maximum absolute atomic E-state index is 9.69. The van der Waals surface area contributed by atoms with Crippen LogP contribution in [0.25, 0.3) is 10.1 Å². The van der Waals surface area contributed by atoms with E-state index in [1.807, 2.05) is 60.0 Å². The molecule has 0 amide bonds. The number of para-hydroxylation sites is 1. The van der Waals surface area contributed by atoms with Crippen molar-refractivity contribution in [1.29, 1.82) is 0 Å². The van der Waals surface area contributed by atoms with Gasteiger partial charge in [-0.25, -0.2) is 0 Å². The fraction of sp³-hybridized carbons (Fsp3) is 0.0455. The Morgan fingerprint density at radius 1 is 1.00 bits per heavy atom. The second-order valence-electron chi connectivity index (χ2n) is 6.23. The van der Waals surface area contributed by atoms with E-state index in [0.717, 1.165) is 32.6 Å². The lowest BCUT2D eigenvalue weighted by Gasteiger charge is -2.12. The molecule has 0 radical (unpaired) electrons. The van der Waals surface area contributed by atoms with Gasteiger partial charge in [-0.15, -0.1) is 11.3 Å². The first-order valence-corrected chi connectivity index (χ1v) is 9.74. The van der Waals surface area contributed by atoms with Gasteiger partial charge >= 0.3 is 0 Å². The van der Waals surface area contributed by atoms with Crippen LogP contribution in [0.1, 0.15) is 16.7 Å². The number of hydrogen-bond donors (Lipinski definition) is 2. The van der Waals surface area contributed by atoms with Crippen LogP contribution in [0.3, 0.4) is 0 Å². The van der Waals surface area contributed by atoms with E-state index in [9.17, 15) is 5.21 Å². The SMILES string of the molecule is Cc1ccccc1Nc1ccc(C(=NO)c2csc3ccccc23)c(Cl)c1. The summed E-state index contributed by atoms with van der Waals surface area (Å²) in [6, 6.07) is 21.8. The summed E-state index contributed by atoms with van der Waals surface area (Å²) in [5.41, 5.74) is 5.10. The second kappa shape index (κ2) is 7.43. The molecule has 134 valence electrons. The number of rotatable bonds is 4. The average molecular weight is 393 g/mol. The Morgan fingerprint density at radius 3 is 2.56 bits per heavy atom. The number of nitrogens with zero attached hydrogens (tertiary/aromatic N) is 1. The van der Waals surface area contributed by atoms with E-state index in [2.05, 4.69) is 29.5 Å². The summed E-state index contributed by atoms with van der Waals surface area (Å²) in [6.07, 6.45) is 0. The average Bonchev–Trinajstić information content (AvgIpc) is 3.10. The Hall–Kier alpha value is -2.82. The molecule has 3 nitrogen and oxygen atoms in total. The van der Waals surface area contributed by atoms with Crippen LogP contribution in [-0.2, 0) is 0 Å². The summed E-state index contributed by atoms with van der Waals surface area (Å²) in [7, 11) is 0. The van der Waals surface area contributed by atoms with Crippen LogP contribution in [0.15, 0.2) is 77.3 Å². The monoisotopic (exact) mass is 392 g/mol. The molecule has 0 aliphatic rings. The zero-order valence-electron chi connectivity index (χ0n) is 14.6. The van der Waals surface area contributed by atoms with Gasteiger partial charge < -0.3 is 10.5 Å². The molecule has 1 heterocycles. The highest BCUT2D eigenvalue weighted by molar-refractivity contribution is 7.17.